The van der Waals surface area contributed by atoms with E-state index in [-0.39, 0.29) is 0 Å². The Morgan fingerprint density at radius 2 is 1.76 bits per heavy atom. The lowest BCUT2D eigenvalue weighted by Crippen LogP contribution is -2.27. The standard InChI is InChI=1S/C14H19Cl2N/c1-10(2)14(3-4-14)9-17-8-11-5-12(15)7-13(16)6-11/h5-7,10,17H,3-4,8-9H2,1-2H3. The van der Waals surface area contributed by atoms with Crippen LogP contribution in [0.3, 0.4) is 0 Å². The van der Waals surface area contributed by atoms with Crippen LogP contribution in [0.5, 0.6) is 0 Å². The van der Waals surface area contributed by atoms with Gasteiger partial charge in [-0.15, -0.1) is 0 Å². The summed E-state index contributed by atoms with van der Waals surface area (Å²) in [5, 5.41) is 4.94. The topological polar surface area (TPSA) is 12.0 Å². The highest BCUT2D eigenvalue weighted by Crippen LogP contribution is 2.51. The van der Waals surface area contributed by atoms with Crippen LogP contribution >= 0.6 is 23.2 Å². The lowest BCUT2D eigenvalue weighted by atomic mass is 9.92. The molecule has 1 fully saturated rings. The fourth-order valence-corrected chi connectivity index (χ4v) is 2.86. The summed E-state index contributed by atoms with van der Waals surface area (Å²) in [5.41, 5.74) is 1.70. The van der Waals surface area contributed by atoms with Crippen molar-refractivity contribution < 1.29 is 0 Å². The number of halogens is 2. The predicted octanol–water partition coefficient (Wildman–Crippen LogP) is 4.52. The van der Waals surface area contributed by atoms with Gasteiger partial charge in [-0.1, -0.05) is 37.0 Å². The van der Waals surface area contributed by atoms with Gasteiger partial charge in [0.15, 0.2) is 0 Å². The molecule has 0 saturated heterocycles. The summed E-state index contributed by atoms with van der Waals surface area (Å²) in [6.45, 7) is 6.55. The molecule has 1 N–H and O–H groups in total. The average Bonchev–Trinajstić information content (AvgIpc) is 2.97. The summed E-state index contributed by atoms with van der Waals surface area (Å²) in [6, 6.07) is 5.70. The van der Waals surface area contributed by atoms with Crippen LogP contribution in [0.4, 0.5) is 0 Å². The van der Waals surface area contributed by atoms with Crippen molar-refractivity contribution in [2.24, 2.45) is 11.3 Å². The van der Waals surface area contributed by atoms with Crippen LogP contribution in [0, 0.1) is 11.3 Å². The summed E-state index contributed by atoms with van der Waals surface area (Å²) in [6.07, 6.45) is 2.71. The van der Waals surface area contributed by atoms with Gasteiger partial charge in [-0.3, -0.25) is 0 Å². The molecule has 0 atom stereocenters. The minimum absolute atomic E-state index is 0.544. The third kappa shape index (κ3) is 3.37. The first-order chi connectivity index (χ1) is 8.02. The van der Waals surface area contributed by atoms with Crippen LogP contribution < -0.4 is 5.32 Å². The largest absolute Gasteiger partial charge is 0.312 e. The Hall–Kier alpha value is -0.240. The number of nitrogens with one attached hydrogen (secondary N) is 1. The van der Waals surface area contributed by atoms with Crippen LogP contribution in [0.15, 0.2) is 18.2 Å². The van der Waals surface area contributed by atoms with Gasteiger partial charge >= 0.3 is 0 Å². The summed E-state index contributed by atoms with van der Waals surface area (Å²) in [4.78, 5) is 0. The van der Waals surface area contributed by atoms with E-state index in [1.165, 1.54) is 12.8 Å². The normalized spacial score (nSPS) is 17.5. The molecule has 0 amide bonds. The van der Waals surface area contributed by atoms with Crippen LogP contribution in [-0.4, -0.2) is 6.54 Å². The second-order valence-electron chi connectivity index (χ2n) is 5.40. The first kappa shape index (κ1) is 13.2. The molecule has 0 bridgehead atoms. The van der Waals surface area contributed by atoms with Gasteiger partial charge in [-0.05, 0) is 47.9 Å². The molecule has 0 heterocycles. The summed E-state index contributed by atoms with van der Waals surface area (Å²) >= 11 is 11.9. The quantitative estimate of drug-likeness (QED) is 0.831. The van der Waals surface area contributed by atoms with Gasteiger partial charge < -0.3 is 5.32 Å². The van der Waals surface area contributed by atoms with Crippen molar-refractivity contribution in [3.63, 3.8) is 0 Å². The number of benzene rings is 1. The van der Waals surface area contributed by atoms with Gasteiger partial charge in [0.1, 0.15) is 0 Å². The average molecular weight is 272 g/mol. The van der Waals surface area contributed by atoms with Gasteiger partial charge in [-0.2, -0.15) is 0 Å². The zero-order valence-corrected chi connectivity index (χ0v) is 11.9. The highest BCUT2D eigenvalue weighted by atomic mass is 35.5. The van der Waals surface area contributed by atoms with E-state index in [9.17, 15) is 0 Å². The zero-order valence-electron chi connectivity index (χ0n) is 10.4. The van der Waals surface area contributed by atoms with E-state index in [0.29, 0.717) is 15.5 Å². The molecule has 0 aliphatic heterocycles. The maximum atomic E-state index is 5.97. The summed E-state index contributed by atoms with van der Waals surface area (Å²) < 4.78 is 0. The smallest absolute Gasteiger partial charge is 0.0424 e. The van der Waals surface area contributed by atoms with Crippen molar-refractivity contribution in [2.75, 3.05) is 6.54 Å². The van der Waals surface area contributed by atoms with Gasteiger partial charge in [0.05, 0.1) is 0 Å². The molecular formula is C14H19Cl2N. The SMILES string of the molecule is CC(C)C1(CNCc2cc(Cl)cc(Cl)c2)CC1. The second-order valence-corrected chi connectivity index (χ2v) is 6.27. The molecule has 0 spiro atoms. The van der Waals surface area contributed by atoms with Gasteiger partial charge in [0.2, 0.25) is 0 Å². The number of hydrogen-bond donors (Lipinski definition) is 1. The van der Waals surface area contributed by atoms with Crippen molar-refractivity contribution in [2.45, 2.75) is 33.2 Å². The first-order valence-electron chi connectivity index (χ1n) is 6.17. The molecular weight excluding hydrogens is 253 g/mol. The molecule has 0 radical (unpaired) electrons. The first-order valence-corrected chi connectivity index (χ1v) is 6.93. The van der Waals surface area contributed by atoms with Crippen molar-refractivity contribution in [3.05, 3.63) is 33.8 Å². The monoisotopic (exact) mass is 271 g/mol. The third-order valence-corrected chi connectivity index (χ3v) is 4.28. The van der Waals surface area contributed by atoms with Crippen LogP contribution in [-0.2, 0) is 6.54 Å². The molecule has 1 aromatic carbocycles. The fourth-order valence-electron chi connectivity index (χ4n) is 2.29. The Morgan fingerprint density at radius 3 is 2.24 bits per heavy atom. The Morgan fingerprint density at radius 1 is 1.18 bits per heavy atom. The minimum Gasteiger partial charge on any atom is -0.312 e. The lowest BCUT2D eigenvalue weighted by Gasteiger charge is -2.20. The minimum atomic E-state index is 0.544. The fraction of sp³-hybridized carbons (Fsp3) is 0.571. The Bertz CT molecular complexity index is 377. The molecule has 0 aromatic heterocycles. The van der Waals surface area contributed by atoms with Crippen molar-refractivity contribution in [1.82, 2.24) is 5.32 Å². The van der Waals surface area contributed by atoms with E-state index in [1.54, 1.807) is 6.07 Å². The maximum absolute atomic E-state index is 5.97. The molecule has 3 heteroatoms. The van der Waals surface area contributed by atoms with E-state index in [0.717, 1.165) is 24.6 Å². The Balaban J connectivity index is 1.86. The second kappa shape index (κ2) is 5.17. The maximum Gasteiger partial charge on any atom is 0.0424 e. The highest BCUT2D eigenvalue weighted by Gasteiger charge is 2.44. The van der Waals surface area contributed by atoms with Crippen LogP contribution in [0.2, 0.25) is 10.0 Å². The lowest BCUT2D eigenvalue weighted by molar-refractivity contribution is 0.338. The third-order valence-electron chi connectivity index (χ3n) is 3.85. The number of rotatable bonds is 5. The molecule has 1 saturated carbocycles. The molecule has 17 heavy (non-hydrogen) atoms. The van der Waals surface area contributed by atoms with Crippen molar-refractivity contribution in [1.29, 1.82) is 0 Å². The van der Waals surface area contributed by atoms with Crippen molar-refractivity contribution in [3.8, 4) is 0 Å². The van der Waals surface area contributed by atoms with E-state index >= 15 is 0 Å². The number of hydrogen-bond acceptors (Lipinski definition) is 1. The van der Waals surface area contributed by atoms with Gasteiger partial charge in [0, 0.05) is 23.1 Å². The molecule has 1 aliphatic carbocycles. The van der Waals surface area contributed by atoms with E-state index in [2.05, 4.69) is 19.2 Å². The predicted molar refractivity (Wildman–Crippen MR) is 74.7 cm³/mol. The Kier molecular flexibility index (Phi) is 4.02. The molecule has 1 nitrogen and oxygen atoms in total. The van der Waals surface area contributed by atoms with Crippen LogP contribution in [0.1, 0.15) is 32.3 Å². The molecule has 2 rings (SSSR count). The van der Waals surface area contributed by atoms with Gasteiger partial charge in [0.25, 0.3) is 0 Å². The molecule has 1 aromatic rings. The molecule has 0 unspecified atom stereocenters. The van der Waals surface area contributed by atoms with Crippen LogP contribution in [0.25, 0.3) is 0 Å². The molecule has 94 valence electrons. The zero-order chi connectivity index (χ0) is 12.5. The molecule has 1 aliphatic rings. The summed E-state index contributed by atoms with van der Waals surface area (Å²) in [7, 11) is 0. The van der Waals surface area contributed by atoms with E-state index < -0.39 is 0 Å². The highest BCUT2D eigenvalue weighted by molar-refractivity contribution is 6.34. The summed E-state index contributed by atoms with van der Waals surface area (Å²) in [5.74, 6) is 0.762. The van der Waals surface area contributed by atoms with Gasteiger partial charge in [-0.25, -0.2) is 0 Å². The van der Waals surface area contributed by atoms with E-state index in [1.807, 2.05) is 12.1 Å². The Labute approximate surface area is 114 Å². The van der Waals surface area contributed by atoms with Crippen molar-refractivity contribution >= 4 is 23.2 Å². The van der Waals surface area contributed by atoms with E-state index in [4.69, 9.17) is 23.2 Å².